The van der Waals surface area contributed by atoms with Crippen LogP contribution in [0.15, 0.2) is 96.6 Å². The van der Waals surface area contributed by atoms with Crippen LogP contribution in [0.5, 0.6) is 0 Å². The molecule has 0 saturated carbocycles. The lowest BCUT2D eigenvalue weighted by molar-refractivity contribution is -0.157. The summed E-state index contributed by atoms with van der Waals surface area (Å²) in [5.74, 6) is -2.75. The first-order valence-corrected chi connectivity index (χ1v) is 16.3. The van der Waals surface area contributed by atoms with Gasteiger partial charge in [-0.2, -0.15) is 0 Å². The van der Waals surface area contributed by atoms with Crippen LogP contribution in [0.1, 0.15) is 61.5 Å². The molecule has 3 aromatic rings. The van der Waals surface area contributed by atoms with Gasteiger partial charge in [0.2, 0.25) is 11.7 Å². The zero-order chi connectivity index (χ0) is 32.9. The van der Waals surface area contributed by atoms with Gasteiger partial charge < -0.3 is 29.4 Å². The number of halogens is 1. The Balaban J connectivity index is 1.43. The van der Waals surface area contributed by atoms with E-state index in [-0.39, 0.29) is 25.9 Å². The number of hydrogen-bond acceptors (Lipinski definition) is 8. The number of rotatable bonds is 10. The number of carbonyl (C=O) groups is 3. The number of ether oxygens (including phenoxy) is 4. The number of aliphatic hydroxyl groups excluding tert-OH is 1. The molecule has 5 rings (SSSR count). The van der Waals surface area contributed by atoms with Crippen LogP contribution in [0.2, 0.25) is 0 Å². The zero-order valence-electron chi connectivity index (χ0n) is 26.0. The van der Waals surface area contributed by atoms with E-state index in [1.54, 1.807) is 45.0 Å². The Morgan fingerprint density at radius 1 is 0.978 bits per heavy atom. The molecular formula is C36H38INO8. The molecule has 46 heavy (non-hydrogen) atoms. The molecule has 0 spiro atoms. The van der Waals surface area contributed by atoms with E-state index in [9.17, 15) is 19.5 Å². The van der Waals surface area contributed by atoms with E-state index >= 15 is 0 Å². The Morgan fingerprint density at radius 2 is 1.63 bits per heavy atom. The van der Waals surface area contributed by atoms with Gasteiger partial charge in [0.1, 0.15) is 23.9 Å². The summed E-state index contributed by atoms with van der Waals surface area (Å²) in [7, 11) is 0. The van der Waals surface area contributed by atoms with Gasteiger partial charge in [0.05, 0.1) is 18.2 Å². The van der Waals surface area contributed by atoms with E-state index in [2.05, 4.69) is 27.9 Å². The molecule has 4 atom stereocenters. The lowest BCUT2D eigenvalue weighted by atomic mass is 9.91. The highest BCUT2D eigenvalue weighted by molar-refractivity contribution is 14.1. The first kappa shape index (κ1) is 33.8. The van der Waals surface area contributed by atoms with E-state index in [4.69, 9.17) is 18.9 Å². The summed E-state index contributed by atoms with van der Waals surface area (Å²) in [5, 5.41) is 12.8. The lowest BCUT2D eigenvalue weighted by Gasteiger charge is -2.31. The number of amides is 1. The molecule has 1 saturated heterocycles. The Kier molecular flexibility index (Phi) is 10.6. The molecule has 0 bridgehead atoms. The van der Waals surface area contributed by atoms with Crippen molar-refractivity contribution in [3.05, 3.63) is 117 Å². The normalized spacial score (nSPS) is 21.0. The van der Waals surface area contributed by atoms with Crippen molar-refractivity contribution in [3.63, 3.8) is 0 Å². The molecule has 4 unspecified atom stereocenters. The average molecular weight is 740 g/mol. The van der Waals surface area contributed by atoms with Crippen LogP contribution in [-0.2, 0) is 34.3 Å². The summed E-state index contributed by atoms with van der Waals surface area (Å²) in [4.78, 5) is 39.3. The maximum Gasteiger partial charge on any atom is 0.338 e. The third kappa shape index (κ3) is 8.03. The Labute approximate surface area is 282 Å². The molecule has 9 nitrogen and oxygen atoms in total. The van der Waals surface area contributed by atoms with Crippen LogP contribution in [-0.4, -0.2) is 59.5 Å². The molecule has 242 valence electrons. The summed E-state index contributed by atoms with van der Waals surface area (Å²) in [5.41, 5.74) is 1.56. The van der Waals surface area contributed by atoms with Gasteiger partial charge in [0.25, 0.3) is 0 Å². The Hall–Kier alpha value is -3.58. The minimum absolute atomic E-state index is 0.0241. The summed E-state index contributed by atoms with van der Waals surface area (Å²) in [6.45, 7) is 4.96. The molecule has 3 aromatic carbocycles. The summed E-state index contributed by atoms with van der Waals surface area (Å²) >= 11 is 2.13. The van der Waals surface area contributed by atoms with Crippen LogP contribution in [0, 0.1) is 3.57 Å². The van der Waals surface area contributed by atoms with E-state index < -0.39 is 53.6 Å². The number of nitrogens with one attached hydrogen (secondary N) is 1. The summed E-state index contributed by atoms with van der Waals surface area (Å²) < 4.78 is 25.8. The predicted octanol–water partition coefficient (Wildman–Crippen LogP) is 5.43. The fourth-order valence-electron chi connectivity index (χ4n) is 5.58. The van der Waals surface area contributed by atoms with Crippen molar-refractivity contribution in [1.82, 2.24) is 5.32 Å². The topological polar surface area (TPSA) is 120 Å². The third-order valence-electron chi connectivity index (χ3n) is 7.67. The molecule has 1 amide bonds. The summed E-state index contributed by atoms with van der Waals surface area (Å²) in [6, 6.07) is 25.4. The maximum atomic E-state index is 13.6. The molecule has 2 aliphatic rings. The van der Waals surface area contributed by atoms with Crippen molar-refractivity contribution in [2.75, 3.05) is 6.61 Å². The van der Waals surface area contributed by atoms with Gasteiger partial charge >= 0.3 is 11.9 Å². The van der Waals surface area contributed by atoms with Crippen molar-refractivity contribution >= 4 is 40.4 Å². The minimum atomic E-state index is -1.33. The minimum Gasteiger partial charge on any atom is -0.460 e. The molecule has 10 heteroatoms. The molecule has 0 radical (unpaired) electrons. The number of fused-ring (bicyclic) bond motifs is 1. The quantitative estimate of drug-likeness (QED) is 0.209. The Morgan fingerprint density at radius 3 is 2.22 bits per heavy atom. The first-order valence-electron chi connectivity index (χ1n) is 15.2. The third-order valence-corrected chi connectivity index (χ3v) is 8.34. The van der Waals surface area contributed by atoms with Gasteiger partial charge in [-0.15, -0.1) is 0 Å². The fourth-order valence-corrected chi connectivity index (χ4v) is 6.13. The van der Waals surface area contributed by atoms with Crippen molar-refractivity contribution < 1.29 is 38.4 Å². The second-order valence-electron chi connectivity index (χ2n) is 12.3. The highest BCUT2D eigenvalue weighted by Crippen LogP contribution is 2.47. The van der Waals surface area contributed by atoms with Gasteiger partial charge in [-0.25, -0.2) is 4.79 Å². The van der Waals surface area contributed by atoms with Crippen molar-refractivity contribution in [2.24, 2.45) is 0 Å². The van der Waals surface area contributed by atoms with Gasteiger partial charge in [0, 0.05) is 33.1 Å². The molecule has 1 aliphatic carbocycles. The SMILES string of the molecule is CC(C)(C)OC(=O)CCC(CO)NC(=O)C1=CC2OC(c3ccccc3)(c3ccccc3)OC2C(OC(=O)c2cccc(I)c2)C1. The number of aliphatic hydroxyl groups is 1. The van der Waals surface area contributed by atoms with Crippen LogP contribution in [0.4, 0.5) is 0 Å². The maximum absolute atomic E-state index is 13.6. The van der Waals surface area contributed by atoms with Crippen molar-refractivity contribution in [3.8, 4) is 0 Å². The highest BCUT2D eigenvalue weighted by atomic mass is 127. The standard InChI is InChI=1S/C36H38INO8/c1-35(2,3)45-31(40)18-17-28(22-39)38-33(41)24-20-29(43-34(42)23-11-10-16-27(37)19-23)32-30(21-24)44-36(46-32,25-12-6-4-7-13-25)26-14-8-5-9-15-26/h4-16,19,21,28-30,32,39H,17-18,20,22H2,1-3H3,(H,38,41). The van der Waals surface area contributed by atoms with Gasteiger partial charge in [-0.3, -0.25) is 9.59 Å². The van der Waals surface area contributed by atoms with Gasteiger partial charge in [-0.05, 0) is 74.1 Å². The molecule has 0 aromatic heterocycles. The largest absolute Gasteiger partial charge is 0.460 e. The van der Waals surface area contributed by atoms with Crippen molar-refractivity contribution in [1.29, 1.82) is 0 Å². The second-order valence-corrected chi connectivity index (χ2v) is 13.6. The van der Waals surface area contributed by atoms with Gasteiger partial charge in [-0.1, -0.05) is 66.7 Å². The highest BCUT2D eigenvalue weighted by Gasteiger charge is 2.55. The lowest BCUT2D eigenvalue weighted by Crippen LogP contribution is -2.45. The summed E-state index contributed by atoms with van der Waals surface area (Å²) in [6.07, 6.45) is -0.392. The van der Waals surface area contributed by atoms with Crippen molar-refractivity contribution in [2.45, 2.75) is 75.8 Å². The molecule has 1 aliphatic heterocycles. The van der Waals surface area contributed by atoms with E-state index in [0.29, 0.717) is 11.1 Å². The average Bonchev–Trinajstić information content (AvgIpc) is 3.44. The predicted molar refractivity (Wildman–Crippen MR) is 179 cm³/mol. The number of hydrogen-bond donors (Lipinski definition) is 2. The van der Waals surface area contributed by atoms with Crippen LogP contribution in [0.25, 0.3) is 0 Å². The van der Waals surface area contributed by atoms with Crippen LogP contribution < -0.4 is 5.32 Å². The van der Waals surface area contributed by atoms with E-state index in [0.717, 1.165) is 14.7 Å². The molecule has 1 heterocycles. The van der Waals surface area contributed by atoms with E-state index in [1.165, 1.54) is 0 Å². The fraction of sp³-hybridized carbons (Fsp3) is 0.361. The Bertz CT molecular complexity index is 1530. The number of esters is 2. The monoisotopic (exact) mass is 739 g/mol. The van der Waals surface area contributed by atoms with Crippen LogP contribution in [0.3, 0.4) is 0 Å². The number of carbonyl (C=O) groups excluding carboxylic acids is 3. The second kappa shape index (κ2) is 14.5. The van der Waals surface area contributed by atoms with Crippen LogP contribution >= 0.6 is 22.6 Å². The van der Waals surface area contributed by atoms with E-state index in [1.807, 2.05) is 66.7 Å². The molecule has 2 N–H and O–H groups in total. The first-order chi connectivity index (χ1) is 22.0. The smallest absolute Gasteiger partial charge is 0.338 e. The van der Waals surface area contributed by atoms with Gasteiger partial charge in [0.15, 0.2) is 0 Å². The zero-order valence-corrected chi connectivity index (χ0v) is 28.1. The molecular weight excluding hydrogens is 701 g/mol. The molecule has 1 fully saturated rings. The number of benzene rings is 3.